The quantitative estimate of drug-likeness (QED) is 0.754. The lowest BCUT2D eigenvalue weighted by Crippen LogP contribution is -2.10. The third-order valence-corrected chi connectivity index (χ3v) is 4.02. The molecule has 2 aromatic carbocycles. The van der Waals surface area contributed by atoms with Gasteiger partial charge in [-0.25, -0.2) is 4.39 Å². The Morgan fingerprint density at radius 3 is 2.55 bits per heavy atom. The molecule has 1 fully saturated rings. The van der Waals surface area contributed by atoms with Crippen LogP contribution in [-0.4, -0.2) is 12.7 Å². The fourth-order valence-electron chi connectivity index (χ4n) is 2.96. The average molecular weight is 300 g/mol. The van der Waals surface area contributed by atoms with Crippen LogP contribution in [0, 0.1) is 5.82 Å². The molecular weight excluding hydrogens is 279 g/mol. The van der Waals surface area contributed by atoms with Crippen molar-refractivity contribution in [2.75, 3.05) is 6.61 Å². The molecule has 0 amide bonds. The maximum Gasteiger partial charge on any atom is 0.134 e. The zero-order valence-electron chi connectivity index (χ0n) is 12.8. The Bertz CT molecular complexity index is 633. The van der Waals surface area contributed by atoms with E-state index in [0.717, 1.165) is 18.4 Å². The van der Waals surface area contributed by atoms with Gasteiger partial charge in [-0.1, -0.05) is 18.2 Å². The van der Waals surface area contributed by atoms with Crippen molar-refractivity contribution >= 4 is 0 Å². The zero-order valence-corrected chi connectivity index (χ0v) is 12.8. The molecule has 0 heterocycles. The Labute approximate surface area is 130 Å². The minimum absolute atomic E-state index is 0.237. The van der Waals surface area contributed by atoms with Crippen LogP contribution in [0.1, 0.15) is 32.6 Å². The van der Waals surface area contributed by atoms with Gasteiger partial charge in [0.15, 0.2) is 0 Å². The highest BCUT2D eigenvalue weighted by atomic mass is 19.1. The van der Waals surface area contributed by atoms with Gasteiger partial charge in [0, 0.05) is 17.2 Å². The largest absolute Gasteiger partial charge is 0.493 e. The zero-order chi connectivity index (χ0) is 15.4. The molecule has 116 valence electrons. The summed E-state index contributed by atoms with van der Waals surface area (Å²) in [6, 6.07) is 12.6. The van der Waals surface area contributed by atoms with Crippen molar-refractivity contribution < 1.29 is 13.9 Å². The summed E-state index contributed by atoms with van der Waals surface area (Å²) >= 11 is 0. The van der Waals surface area contributed by atoms with Crippen LogP contribution in [0.25, 0.3) is 11.1 Å². The predicted molar refractivity (Wildman–Crippen MR) is 85.9 cm³/mol. The molecule has 1 aliphatic carbocycles. The van der Waals surface area contributed by atoms with E-state index in [4.69, 9.17) is 9.47 Å². The van der Waals surface area contributed by atoms with Crippen molar-refractivity contribution in [3.05, 3.63) is 48.3 Å². The second kappa shape index (κ2) is 6.82. The van der Waals surface area contributed by atoms with Crippen molar-refractivity contribution in [1.29, 1.82) is 0 Å². The molecule has 0 N–H and O–H groups in total. The van der Waals surface area contributed by atoms with E-state index in [1.165, 1.54) is 18.9 Å². The molecule has 0 bridgehead atoms. The Balaban J connectivity index is 1.85. The lowest BCUT2D eigenvalue weighted by atomic mass is 10.0. The third kappa shape index (κ3) is 3.24. The van der Waals surface area contributed by atoms with Gasteiger partial charge < -0.3 is 9.47 Å². The van der Waals surface area contributed by atoms with E-state index >= 15 is 0 Å². The molecule has 0 unspecified atom stereocenters. The normalized spacial score (nSPS) is 15.0. The van der Waals surface area contributed by atoms with Crippen LogP contribution >= 0.6 is 0 Å². The number of hydrogen-bond acceptors (Lipinski definition) is 2. The number of benzene rings is 2. The average Bonchev–Trinajstić information content (AvgIpc) is 3.02. The first-order chi connectivity index (χ1) is 10.8. The van der Waals surface area contributed by atoms with Gasteiger partial charge >= 0.3 is 0 Å². The first-order valence-corrected chi connectivity index (χ1v) is 7.96. The number of para-hydroxylation sites is 1. The minimum atomic E-state index is -0.275. The van der Waals surface area contributed by atoms with E-state index in [2.05, 4.69) is 0 Å². The topological polar surface area (TPSA) is 18.5 Å². The Morgan fingerprint density at radius 2 is 1.82 bits per heavy atom. The van der Waals surface area contributed by atoms with E-state index in [1.54, 1.807) is 6.07 Å². The molecule has 3 rings (SSSR count). The molecular formula is C19H21FO2. The highest BCUT2D eigenvalue weighted by Crippen LogP contribution is 2.34. The highest BCUT2D eigenvalue weighted by Gasteiger charge is 2.18. The molecule has 0 atom stereocenters. The summed E-state index contributed by atoms with van der Waals surface area (Å²) in [5.41, 5.74) is 1.32. The van der Waals surface area contributed by atoms with Crippen molar-refractivity contribution in [2.45, 2.75) is 38.7 Å². The Morgan fingerprint density at radius 1 is 1.05 bits per heavy atom. The molecule has 1 aliphatic rings. The van der Waals surface area contributed by atoms with Crippen molar-refractivity contribution in [3.63, 3.8) is 0 Å². The summed E-state index contributed by atoms with van der Waals surface area (Å²) in [6.45, 7) is 2.48. The monoisotopic (exact) mass is 300 g/mol. The summed E-state index contributed by atoms with van der Waals surface area (Å²) < 4.78 is 25.9. The van der Waals surface area contributed by atoms with Crippen LogP contribution in [0.15, 0.2) is 42.5 Å². The van der Waals surface area contributed by atoms with Crippen LogP contribution in [0.5, 0.6) is 11.5 Å². The van der Waals surface area contributed by atoms with Gasteiger partial charge in [0.2, 0.25) is 0 Å². The van der Waals surface area contributed by atoms with Crippen LogP contribution in [0.3, 0.4) is 0 Å². The Kier molecular flexibility index (Phi) is 4.62. The lowest BCUT2D eigenvalue weighted by molar-refractivity contribution is 0.209. The first-order valence-electron chi connectivity index (χ1n) is 7.96. The third-order valence-electron chi connectivity index (χ3n) is 4.02. The molecule has 0 saturated heterocycles. The van der Waals surface area contributed by atoms with E-state index in [1.807, 2.05) is 37.3 Å². The van der Waals surface area contributed by atoms with E-state index in [9.17, 15) is 4.39 Å². The number of halogens is 1. The second-order valence-electron chi connectivity index (χ2n) is 5.60. The number of rotatable bonds is 5. The molecule has 0 spiro atoms. The summed E-state index contributed by atoms with van der Waals surface area (Å²) in [6.07, 6.45) is 4.77. The van der Waals surface area contributed by atoms with Crippen LogP contribution in [0.2, 0.25) is 0 Å². The molecule has 0 aromatic heterocycles. The van der Waals surface area contributed by atoms with E-state index in [-0.39, 0.29) is 11.9 Å². The molecule has 0 radical (unpaired) electrons. The van der Waals surface area contributed by atoms with Crippen LogP contribution in [-0.2, 0) is 0 Å². The molecule has 0 aliphatic heterocycles. The molecule has 3 heteroatoms. The Hall–Kier alpha value is -2.03. The van der Waals surface area contributed by atoms with Gasteiger partial charge in [-0.05, 0) is 50.8 Å². The summed E-state index contributed by atoms with van der Waals surface area (Å²) in [5.74, 6) is 1.04. The van der Waals surface area contributed by atoms with Crippen LogP contribution < -0.4 is 9.47 Å². The summed E-state index contributed by atoms with van der Waals surface area (Å²) in [4.78, 5) is 0. The fourth-order valence-corrected chi connectivity index (χ4v) is 2.96. The molecule has 2 nitrogen and oxygen atoms in total. The molecule has 22 heavy (non-hydrogen) atoms. The number of hydrogen-bond donors (Lipinski definition) is 0. The maximum absolute atomic E-state index is 14.5. The van der Waals surface area contributed by atoms with Gasteiger partial charge in [0.1, 0.15) is 17.3 Å². The number of ether oxygens (including phenoxy) is 2. The van der Waals surface area contributed by atoms with Gasteiger partial charge in [-0.2, -0.15) is 0 Å². The van der Waals surface area contributed by atoms with E-state index in [0.29, 0.717) is 23.7 Å². The SMILES string of the molecule is CCOc1ccccc1-c1ccc(OC2CCCC2)cc1F. The maximum atomic E-state index is 14.5. The second-order valence-corrected chi connectivity index (χ2v) is 5.60. The smallest absolute Gasteiger partial charge is 0.134 e. The van der Waals surface area contributed by atoms with E-state index < -0.39 is 0 Å². The molecule has 2 aromatic rings. The predicted octanol–water partition coefficient (Wildman–Crippen LogP) is 5.21. The van der Waals surface area contributed by atoms with Crippen LogP contribution in [0.4, 0.5) is 4.39 Å². The highest BCUT2D eigenvalue weighted by molar-refractivity contribution is 5.71. The van der Waals surface area contributed by atoms with Crippen molar-refractivity contribution in [3.8, 4) is 22.6 Å². The first kappa shape index (κ1) is 14.9. The summed E-state index contributed by atoms with van der Waals surface area (Å²) in [7, 11) is 0. The lowest BCUT2D eigenvalue weighted by Gasteiger charge is -2.15. The van der Waals surface area contributed by atoms with Crippen molar-refractivity contribution in [1.82, 2.24) is 0 Å². The minimum Gasteiger partial charge on any atom is -0.493 e. The van der Waals surface area contributed by atoms with Gasteiger partial charge in [0.05, 0.1) is 12.7 Å². The standard InChI is InChI=1S/C19H21FO2/c1-2-21-19-10-6-5-9-17(19)16-12-11-15(13-18(16)20)22-14-7-3-4-8-14/h5-6,9-14H,2-4,7-8H2,1H3. The van der Waals surface area contributed by atoms with Gasteiger partial charge in [-0.15, -0.1) is 0 Å². The van der Waals surface area contributed by atoms with Crippen molar-refractivity contribution in [2.24, 2.45) is 0 Å². The summed E-state index contributed by atoms with van der Waals surface area (Å²) in [5, 5.41) is 0. The fraction of sp³-hybridized carbons (Fsp3) is 0.368. The van der Waals surface area contributed by atoms with Gasteiger partial charge in [-0.3, -0.25) is 0 Å². The molecule has 1 saturated carbocycles. The van der Waals surface area contributed by atoms with Gasteiger partial charge in [0.25, 0.3) is 0 Å².